The first-order chi connectivity index (χ1) is 11.7. The smallest absolute Gasteiger partial charge is 0.159 e. The van der Waals surface area contributed by atoms with Crippen LogP contribution in [0.5, 0.6) is 0 Å². The van der Waals surface area contributed by atoms with E-state index in [4.69, 9.17) is 4.74 Å². The van der Waals surface area contributed by atoms with Crippen molar-refractivity contribution in [3.05, 3.63) is 35.5 Å². The van der Waals surface area contributed by atoms with Crippen molar-refractivity contribution < 1.29 is 9.84 Å². The van der Waals surface area contributed by atoms with Gasteiger partial charge < -0.3 is 19.7 Å². The van der Waals surface area contributed by atoms with Gasteiger partial charge in [0.15, 0.2) is 6.29 Å². The molecule has 24 heavy (non-hydrogen) atoms. The fourth-order valence-corrected chi connectivity index (χ4v) is 5.72. The summed E-state index contributed by atoms with van der Waals surface area (Å²) in [6, 6.07) is 9.44. The van der Waals surface area contributed by atoms with Crippen molar-refractivity contribution in [2.45, 2.75) is 44.6 Å². The number of fused-ring (bicyclic) bond motifs is 8. The quantitative estimate of drug-likeness (QED) is 0.847. The summed E-state index contributed by atoms with van der Waals surface area (Å²) >= 11 is 0. The second-order valence-corrected chi connectivity index (χ2v) is 7.84. The predicted molar refractivity (Wildman–Crippen MR) is 93.6 cm³/mol. The van der Waals surface area contributed by atoms with Crippen LogP contribution in [0.2, 0.25) is 0 Å². The van der Waals surface area contributed by atoms with Crippen LogP contribution >= 0.6 is 0 Å². The number of piperidine rings is 1. The van der Waals surface area contributed by atoms with Gasteiger partial charge in [0.1, 0.15) is 0 Å². The van der Waals surface area contributed by atoms with Gasteiger partial charge in [0.2, 0.25) is 0 Å². The second-order valence-electron chi connectivity index (χ2n) is 7.84. The van der Waals surface area contributed by atoms with Gasteiger partial charge in [-0.25, -0.2) is 0 Å². The number of hydrogen-bond donors (Lipinski definition) is 2. The van der Waals surface area contributed by atoms with Crippen molar-refractivity contribution in [1.82, 2.24) is 9.88 Å². The van der Waals surface area contributed by atoms with E-state index in [-0.39, 0.29) is 5.92 Å². The molecule has 1 aromatic carbocycles. The highest BCUT2D eigenvalue weighted by atomic mass is 16.6. The van der Waals surface area contributed by atoms with Gasteiger partial charge in [-0.3, -0.25) is 0 Å². The molecule has 1 aromatic heterocycles. The van der Waals surface area contributed by atoms with Crippen LogP contribution in [0.15, 0.2) is 24.3 Å². The summed E-state index contributed by atoms with van der Waals surface area (Å²) in [5.74, 6) is 1.34. The lowest BCUT2D eigenvalue weighted by Gasteiger charge is -2.52. The number of para-hydroxylation sites is 1. The van der Waals surface area contributed by atoms with Crippen LogP contribution in [0.25, 0.3) is 10.9 Å². The van der Waals surface area contributed by atoms with Crippen LogP contribution in [-0.4, -0.2) is 28.6 Å². The molecule has 6 atom stereocenters. The van der Waals surface area contributed by atoms with E-state index in [0.29, 0.717) is 30.5 Å². The molecular formula is C20H26N2O2. The number of hydrogen-bond acceptors (Lipinski definition) is 3. The first kappa shape index (κ1) is 14.9. The van der Waals surface area contributed by atoms with Crippen LogP contribution in [0, 0.1) is 17.8 Å². The average molecular weight is 326 g/mol. The molecule has 3 aliphatic rings. The molecular weight excluding hydrogens is 300 g/mol. The van der Waals surface area contributed by atoms with E-state index in [1.807, 2.05) is 0 Å². The Kier molecular flexibility index (Phi) is 3.31. The van der Waals surface area contributed by atoms with Crippen LogP contribution < -0.4 is 5.32 Å². The summed E-state index contributed by atoms with van der Waals surface area (Å²) in [6.07, 6.45) is 2.62. The Hall–Kier alpha value is -1.36. The number of ether oxygens (including phenoxy) is 1. The zero-order valence-corrected chi connectivity index (χ0v) is 14.4. The fourth-order valence-electron chi connectivity index (χ4n) is 5.72. The Morgan fingerprint density at radius 1 is 1.33 bits per heavy atom. The zero-order valence-electron chi connectivity index (χ0n) is 14.4. The Morgan fingerprint density at radius 3 is 3.00 bits per heavy atom. The Balaban J connectivity index is 1.63. The first-order valence-corrected chi connectivity index (χ1v) is 9.31. The average Bonchev–Trinajstić information content (AvgIpc) is 2.88. The third kappa shape index (κ3) is 1.91. The maximum atomic E-state index is 10.5. The normalized spacial score (nSPS) is 38.0. The van der Waals surface area contributed by atoms with E-state index >= 15 is 0 Å². The largest absolute Gasteiger partial charge is 0.368 e. The molecule has 2 saturated heterocycles. The molecule has 128 valence electrons. The Morgan fingerprint density at radius 2 is 2.17 bits per heavy atom. The lowest BCUT2D eigenvalue weighted by Crippen LogP contribution is -2.59. The van der Waals surface area contributed by atoms with Crippen LogP contribution in [0.1, 0.15) is 37.1 Å². The minimum atomic E-state index is -0.618. The van der Waals surface area contributed by atoms with Crippen molar-refractivity contribution in [3.63, 3.8) is 0 Å². The molecule has 0 saturated carbocycles. The van der Waals surface area contributed by atoms with Gasteiger partial charge in [-0.2, -0.15) is 0 Å². The molecule has 2 fully saturated rings. The van der Waals surface area contributed by atoms with Gasteiger partial charge >= 0.3 is 0 Å². The molecule has 0 spiro atoms. The summed E-state index contributed by atoms with van der Waals surface area (Å²) in [5, 5.41) is 15.7. The molecule has 0 amide bonds. The number of aliphatic hydroxyl groups excluding tert-OH is 1. The summed E-state index contributed by atoms with van der Waals surface area (Å²) in [6.45, 7) is 2.96. The second kappa shape index (κ2) is 5.32. The van der Waals surface area contributed by atoms with Crippen molar-refractivity contribution >= 4 is 10.9 Å². The molecule has 3 aliphatic heterocycles. The molecule has 0 radical (unpaired) electrons. The molecule has 4 nitrogen and oxygen atoms in total. The molecule has 4 heteroatoms. The maximum absolute atomic E-state index is 10.5. The first-order valence-electron chi connectivity index (χ1n) is 9.31. The van der Waals surface area contributed by atoms with Gasteiger partial charge in [-0.1, -0.05) is 31.5 Å². The lowest BCUT2D eigenvalue weighted by atomic mass is 9.65. The van der Waals surface area contributed by atoms with E-state index in [9.17, 15) is 5.11 Å². The molecule has 2 aromatic rings. The minimum absolute atomic E-state index is 0.215. The summed E-state index contributed by atoms with van der Waals surface area (Å²) in [4.78, 5) is 0. The number of aromatic nitrogens is 1. The summed E-state index contributed by atoms with van der Waals surface area (Å²) in [7, 11) is 2.20. The number of nitrogens with one attached hydrogen (secondary N) is 1. The number of aryl methyl sites for hydroxylation is 1. The number of aliphatic hydroxyl groups is 1. The van der Waals surface area contributed by atoms with Crippen molar-refractivity contribution in [3.8, 4) is 0 Å². The molecule has 5 rings (SSSR count). The number of benzene rings is 1. The SMILES string of the molecule is CCC1CO[C@@H](O)[C@@H]2[C@@H]3Cc4c(n(C)c5ccccc45)[C@H](C[C@@H]12)N3. The molecule has 0 aliphatic carbocycles. The monoisotopic (exact) mass is 326 g/mol. The molecule has 1 unspecified atom stereocenters. The third-order valence-electron chi connectivity index (χ3n) is 6.84. The van der Waals surface area contributed by atoms with E-state index in [0.717, 1.165) is 19.3 Å². The van der Waals surface area contributed by atoms with Gasteiger partial charge in [0.25, 0.3) is 0 Å². The fraction of sp³-hybridized carbons (Fsp3) is 0.600. The molecule has 2 N–H and O–H groups in total. The highest BCUT2D eigenvalue weighted by molar-refractivity contribution is 5.86. The van der Waals surface area contributed by atoms with Gasteiger partial charge in [-0.15, -0.1) is 0 Å². The van der Waals surface area contributed by atoms with Gasteiger partial charge in [0.05, 0.1) is 6.61 Å². The zero-order chi connectivity index (χ0) is 16.4. The predicted octanol–water partition coefficient (Wildman–Crippen LogP) is 2.74. The molecule has 2 bridgehead atoms. The van der Waals surface area contributed by atoms with Crippen molar-refractivity contribution in [2.24, 2.45) is 24.8 Å². The highest BCUT2D eigenvalue weighted by Gasteiger charge is 2.50. The highest BCUT2D eigenvalue weighted by Crippen LogP contribution is 2.49. The van der Waals surface area contributed by atoms with E-state index in [1.54, 1.807) is 0 Å². The Labute approximate surface area is 142 Å². The van der Waals surface area contributed by atoms with E-state index < -0.39 is 6.29 Å². The van der Waals surface area contributed by atoms with E-state index in [1.165, 1.54) is 22.2 Å². The Bertz CT molecular complexity index is 783. The standard InChI is InChI=1S/C20H26N2O2/c1-3-11-10-24-20(23)18-13(11)8-16-19-14(9-15(18)21-16)12-6-4-5-7-17(12)22(19)2/h4-7,11,13,15-16,18,20-21,23H,3,8-10H2,1-2H3/t11?,13-,15-,16-,18-,20+/m0/s1. The van der Waals surface area contributed by atoms with Gasteiger partial charge in [0, 0.05) is 41.6 Å². The van der Waals surface area contributed by atoms with E-state index in [2.05, 4.69) is 48.1 Å². The molecule has 4 heterocycles. The van der Waals surface area contributed by atoms with Crippen molar-refractivity contribution in [2.75, 3.05) is 6.61 Å². The number of rotatable bonds is 1. The van der Waals surface area contributed by atoms with Crippen LogP contribution in [-0.2, 0) is 18.2 Å². The van der Waals surface area contributed by atoms with Crippen molar-refractivity contribution in [1.29, 1.82) is 0 Å². The van der Waals surface area contributed by atoms with Gasteiger partial charge in [-0.05, 0) is 36.3 Å². The lowest BCUT2D eigenvalue weighted by molar-refractivity contribution is -0.216. The summed E-state index contributed by atoms with van der Waals surface area (Å²) in [5.41, 5.74) is 4.26. The third-order valence-corrected chi connectivity index (χ3v) is 6.84. The number of nitrogens with zero attached hydrogens (tertiary/aromatic N) is 1. The van der Waals surface area contributed by atoms with Crippen LogP contribution in [0.4, 0.5) is 0 Å². The maximum Gasteiger partial charge on any atom is 0.159 e. The summed E-state index contributed by atoms with van der Waals surface area (Å²) < 4.78 is 8.12. The topological polar surface area (TPSA) is 46.4 Å². The minimum Gasteiger partial charge on any atom is -0.368 e. The van der Waals surface area contributed by atoms with Crippen LogP contribution in [0.3, 0.4) is 0 Å².